The van der Waals surface area contributed by atoms with E-state index in [1.807, 2.05) is 89.8 Å². The van der Waals surface area contributed by atoms with Crippen molar-refractivity contribution in [1.82, 2.24) is 15.2 Å². The summed E-state index contributed by atoms with van der Waals surface area (Å²) in [6.45, 7) is 18.6. The number of cyclic esters (lactones) is 1. The van der Waals surface area contributed by atoms with Gasteiger partial charge in [0.1, 0.15) is 23.6 Å². The molecule has 1 unspecified atom stereocenters. The number of esters is 1. The van der Waals surface area contributed by atoms with E-state index < -0.39 is 102 Å². The zero-order valence-electron chi connectivity index (χ0n) is 42.8. The first-order valence-electron chi connectivity index (χ1n) is 24.0. The molecule has 4 aliphatic rings. The van der Waals surface area contributed by atoms with Crippen LogP contribution in [-0.4, -0.2) is 177 Å². The molecule has 0 bridgehead atoms. The van der Waals surface area contributed by atoms with Crippen LogP contribution in [-0.2, 0) is 53.8 Å². The number of aliphatic hydroxyl groups is 2. The van der Waals surface area contributed by atoms with Crippen molar-refractivity contribution in [1.29, 1.82) is 0 Å². The topological polar surface area (TPSA) is 215 Å². The highest BCUT2D eigenvalue weighted by Crippen LogP contribution is 2.42. The number of nitrogens with one attached hydrogen (secondary N) is 1. The van der Waals surface area contributed by atoms with E-state index in [0.29, 0.717) is 19.4 Å². The maximum Gasteiger partial charge on any atom is 0.509 e. The number of hydrogen-bond acceptors (Lipinski definition) is 18. The highest BCUT2D eigenvalue weighted by Gasteiger charge is 2.58. The normalized spacial score (nSPS) is 41.2. The summed E-state index contributed by atoms with van der Waals surface area (Å²) in [7, 11) is 8.77. The van der Waals surface area contributed by atoms with E-state index in [4.69, 9.17) is 47.4 Å². The summed E-state index contributed by atoms with van der Waals surface area (Å²) in [6, 6.07) is 6.78. The Morgan fingerprint density at radius 1 is 0.985 bits per heavy atom. The molecule has 4 fully saturated rings. The summed E-state index contributed by atoms with van der Waals surface area (Å²) in [4.78, 5) is 44.7. The number of benzene rings is 1. The first-order valence-corrected chi connectivity index (χ1v) is 24.0. The predicted octanol–water partition coefficient (Wildman–Crippen LogP) is 5.05. The van der Waals surface area contributed by atoms with Gasteiger partial charge in [-0.3, -0.25) is 9.69 Å². The smallest absolute Gasteiger partial charge is 0.497 e. The SMILES string of the molecule is CC[C@H]1OC(=O)[C@H](C)[C@@H](O[C@H]2C[C@@](C)(OC)C(OC(=O)N/N=C/Cc3ccc(OC)cc3)[C@H](C)O2)[C@H](C)[C@@H](O[C@@H]2O[C@H](C)C[C@H](N(C)C)[C@H]2O)[C@](C)(O)C[C@@H](C)CN(C)[C@H](C)[C@H]2OC(=O)O[C@@]21C. The lowest BCUT2D eigenvalue weighted by Crippen LogP contribution is -2.61. The number of hydrogen-bond donors (Lipinski definition) is 3. The van der Waals surface area contributed by atoms with Gasteiger partial charge in [0.2, 0.25) is 0 Å². The van der Waals surface area contributed by atoms with Crippen LogP contribution in [0.3, 0.4) is 0 Å². The van der Waals surface area contributed by atoms with Crippen molar-refractivity contribution in [3.8, 4) is 5.75 Å². The summed E-state index contributed by atoms with van der Waals surface area (Å²) >= 11 is 0. The van der Waals surface area contributed by atoms with Gasteiger partial charge in [-0.25, -0.2) is 15.0 Å². The van der Waals surface area contributed by atoms with Gasteiger partial charge in [0.05, 0.1) is 43.0 Å². The van der Waals surface area contributed by atoms with Crippen molar-refractivity contribution in [2.45, 2.75) is 192 Å². The third-order valence-corrected chi connectivity index (χ3v) is 14.6. The number of carbonyl (C=O) groups excluding carboxylic acids is 3. The second-order valence-electron chi connectivity index (χ2n) is 20.4. The zero-order chi connectivity index (χ0) is 50.5. The summed E-state index contributed by atoms with van der Waals surface area (Å²) in [6.07, 6.45) is -7.80. The Morgan fingerprint density at radius 2 is 1.66 bits per heavy atom. The molecule has 18 atom stereocenters. The average molecular weight is 965 g/mol. The standard InChI is InChI=1S/C49H80N4O15/c1-16-36-49(10)41(67-46(57)68-49)31(6)53(13)26-27(2)24-47(8,58)40(65-44-38(54)35(52(11)12)23-28(3)61-44)29(4)39(30(5)43(55)63-36)64-37-25-48(9,60-15)42(32(7)62-37)66-45(56)51-50-22-21-33-17-19-34(59-14)20-18-33/h17-20,22,27-32,35-42,44,54,58H,16,21,23-26H2,1-15H3,(H,51,56)/b50-22+/t27-,28-,29+,30-,31-,32+,35+,36-,37+,38-,39+,40-,41-,42?,44+,47-,48-,49-/m1/s1. The molecule has 19 nitrogen and oxygen atoms in total. The van der Waals surface area contributed by atoms with Gasteiger partial charge in [-0.2, -0.15) is 5.10 Å². The first-order chi connectivity index (χ1) is 31.9. The van der Waals surface area contributed by atoms with E-state index >= 15 is 0 Å². The monoisotopic (exact) mass is 965 g/mol. The molecule has 1 amide bonds. The Kier molecular flexibility index (Phi) is 18.7. The molecule has 19 heteroatoms. The van der Waals surface area contributed by atoms with Gasteiger partial charge >= 0.3 is 18.2 Å². The Hall–Kier alpha value is -3.66. The molecule has 0 aliphatic carbocycles. The van der Waals surface area contributed by atoms with E-state index in [-0.39, 0.29) is 43.4 Å². The van der Waals surface area contributed by atoms with Crippen LogP contribution < -0.4 is 10.2 Å². The molecule has 0 saturated carbocycles. The molecule has 0 radical (unpaired) electrons. The summed E-state index contributed by atoms with van der Waals surface area (Å²) in [5.74, 6) is -1.97. The molecule has 68 heavy (non-hydrogen) atoms. The third-order valence-electron chi connectivity index (χ3n) is 14.6. The molecular formula is C49H80N4O15. The summed E-state index contributed by atoms with van der Waals surface area (Å²) in [5, 5.41) is 28.6. The summed E-state index contributed by atoms with van der Waals surface area (Å²) in [5.41, 5.74) is -0.742. The molecule has 386 valence electrons. The van der Waals surface area contributed by atoms with Gasteiger partial charge in [-0.1, -0.05) is 32.9 Å². The Labute approximate surface area is 402 Å². The van der Waals surface area contributed by atoms with Gasteiger partial charge in [0, 0.05) is 50.7 Å². The van der Waals surface area contributed by atoms with Gasteiger partial charge in [0.25, 0.3) is 0 Å². The predicted molar refractivity (Wildman–Crippen MR) is 250 cm³/mol. The Morgan fingerprint density at radius 3 is 2.28 bits per heavy atom. The molecular weight excluding hydrogens is 885 g/mol. The minimum Gasteiger partial charge on any atom is -0.497 e. The van der Waals surface area contributed by atoms with Crippen LogP contribution in [0.15, 0.2) is 29.4 Å². The molecule has 1 aromatic rings. The van der Waals surface area contributed by atoms with Crippen molar-refractivity contribution in [2.75, 3.05) is 41.9 Å². The number of ether oxygens (including phenoxy) is 10. The largest absolute Gasteiger partial charge is 0.509 e. The fraction of sp³-hybridized carbons (Fsp3) is 0.796. The maximum absolute atomic E-state index is 14.7. The highest BCUT2D eigenvalue weighted by atomic mass is 16.8. The Bertz CT molecular complexity index is 1860. The number of likely N-dealkylation sites (N-methyl/N-ethyl adjacent to an activating group) is 2. The fourth-order valence-corrected chi connectivity index (χ4v) is 10.7. The van der Waals surface area contributed by atoms with Crippen LogP contribution in [0.2, 0.25) is 0 Å². The van der Waals surface area contributed by atoms with Gasteiger partial charge in [-0.05, 0) is 112 Å². The van der Waals surface area contributed by atoms with Crippen LogP contribution in [0.4, 0.5) is 9.59 Å². The van der Waals surface area contributed by atoms with E-state index in [0.717, 1.165) is 11.3 Å². The van der Waals surface area contributed by atoms with Crippen LogP contribution in [0.1, 0.15) is 100 Å². The third kappa shape index (κ3) is 12.8. The van der Waals surface area contributed by atoms with E-state index in [1.165, 1.54) is 7.11 Å². The molecule has 0 spiro atoms. The van der Waals surface area contributed by atoms with E-state index in [2.05, 4.69) is 10.5 Å². The molecule has 4 heterocycles. The van der Waals surface area contributed by atoms with Gasteiger partial charge in [-0.15, -0.1) is 0 Å². The average Bonchev–Trinajstić information content (AvgIpc) is 3.59. The molecule has 4 aliphatic heterocycles. The fourth-order valence-electron chi connectivity index (χ4n) is 10.7. The maximum atomic E-state index is 14.7. The lowest BCUT2D eigenvalue weighted by atomic mass is 9.77. The number of amides is 1. The van der Waals surface area contributed by atoms with Gasteiger partial charge < -0.3 is 62.5 Å². The minimum absolute atomic E-state index is 0.0395. The second-order valence-corrected chi connectivity index (χ2v) is 20.4. The Balaban J connectivity index is 1.47. The lowest BCUT2D eigenvalue weighted by Gasteiger charge is -2.49. The molecule has 1 aromatic carbocycles. The first kappa shape index (κ1) is 55.3. The second kappa shape index (κ2) is 23.1. The number of rotatable bonds is 12. The van der Waals surface area contributed by atoms with Gasteiger partial charge in [0.15, 0.2) is 30.4 Å². The quantitative estimate of drug-likeness (QED) is 0.108. The van der Waals surface area contributed by atoms with Crippen molar-refractivity contribution < 1.29 is 72.0 Å². The summed E-state index contributed by atoms with van der Waals surface area (Å²) < 4.78 is 61.7. The van der Waals surface area contributed by atoms with Crippen molar-refractivity contribution in [2.24, 2.45) is 22.9 Å². The number of hydrazone groups is 1. The highest BCUT2D eigenvalue weighted by molar-refractivity contribution is 5.73. The minimum atomic E-state index is -1.61. The van der Waals surface area contributed by atoms with Crippen molar-refractivity contribution in [3.05, 3.63) is 29.8 Å². The van der Waals surface area contributed by atoms with Crippen LogP contribution in [0.5, 0.6) is 5.75 Å². The lowest BCUT2D eigenvalue weighted by molar-refractivity contribution is -0.317. The molecule has 0 aromatic heterocycles. The van der Waals surface area contributed by atoms with Crippen molar-refractivity contribution >= 4 is 24.4 Å². The number of nitrogens with zero attached hydrogens (tertiary/aromatic N) is 3. The molecule has 5 rings (SSSR count). The van der Waals surface area contributed by atoms with E-state index in [1.54, 1.807) is 47.9 Å². The number of methoxy groups -OCH3 is 2. The van der Waals surface area contributed by atoms with Crippen LogP contribution >= 0.6 is 0 Å². The zero-order valence-corrected chi connectivity index (χ0v) is 42.8. The van der Waals surface area contributed by atoms with Crippen LogP contribution in [0, 0.1) is 17.8 Å². The number of carbonyl (C=O) groups is 3. The van der Waals surface area contributed by atoms with Crippen molar-refractivity contribution in [3.63, 3.8) is 0 Å². The number of fused-ring (bicyclic) bond motifs is 1. The van der Waals surface area contributed by atoms with Crippen LogP contribution in [0.25, 0.3) is 0 Å². The molecule has 4 saturated heterocycles. The van der Waals surface area contributed by atoms with E-state index in [9.17, 15) is 24.6 Å². The number of aliphatic hydroxyl groups excluding tert-OH is 1. The molecule has 3 N–H and O–H groups in total.